The number of carbonyl (C=O) groups excluding carboxylic acids is 2. The Morgan fingerprint density at radius 1 is 0.676 bits per heavy atom. The molecule has 4 rings (SSSR count). The van der Waals surface area contributed by atoms with Crippen LogP contribution in [0, 0.1) is 0 Å². The molecule has 0 bridgehead atoms. The van der Waals surface area contributed by atoms with Crippen LogP contribution in [0.3, 0.4) is 0 Å². The number of carbonyl (C=O) groups is 2. The first-order chi connectivity index (χ1) is 16.8. The molecule has 4 nitrogen and oxygen atoms in total. The van der Waals surface area contributed by atoms with Gasteiger partial charge in [0, 0.05) is 0 Å². The second-order valence-electron chi connectivity index (χ2n) is 7.13. The Hall–Kier alpha value is -2.66. The van der Waals surface area contributed by atoms with Crippen molar-refractivity contribution in [1.29, 1.82) is 0 Å². The summed E-state index contributed by atoms with van der Waals surface area (Å²) in [7, 11) is 0. The van der Waals surface area contributed by atoms with E-state index in [4.69, 9.17) is 0 Å². The van der Waals surface area contributed by atoms with Gasteiger partial charge in [-0.3, -0.25) is 0 Å². The Morgan fingerprint density at radius 3 is 1.47 bits per heavy atom. The maximum atomic E-state index is 9.46. The number of benzene rings is 2. The number of nitrogens with one attached hydrogen (secondary N) is 2. The van der Waals surface area contributed by atoms with E-state index < -0.39 is 17.9 Å². The van der Waals surface area contributed by atoms with Crippen LogP contribution in [0.1, 0.15) is 24.0 Å². The van der Waals surface area contributed by atoms with Crippen molar-refractivity contribution in [2.24, 2.45) is 0 Å². The summed E-state index contributed by atoms with van der Waals surface area (Å²) in [5, 5.41) is 0. The molecule has 170 valence electrons. The van der Waals surface area contributed by atoms with E-state index in [1.165, 1.54) is 24.0 Å². The molecule has 2 aliphatic carbocycles. The molecule has 2 N–H and O–H groups in total. The summed E-state index contributed by atoms with van der Waals surface area (Å²) in [6.07, 6.45) is 25.5. The molecule has 2 amide bonds. The third-order valence-electron chi connectivity index (χ3n) is 4.52. The van der Waals surface area contributed by atoms with Gasteiger partial charge in [-0.05, 0) is 11.1 Å². The summed E-state index contributed by atoms with van der Waals surface area (Å²) in [5.74, 6) is 0. The Labute approximate surface area is 222 Å². The second-order valence-corrected chi connectivity index (χ2v) is 13.4. The summed E-state index contributed by atoms with van der Waals surface area (Å²) in [6.45, 7) is 0. The minimum atomic E-state index is -1.18. The van der Waals surface area contributed by atoms with E-state index >= 15 is 0 Å². The molecule has 2 aromatic carbocycles. The molecule has 0 fully saturated rings. The van der Waals surface area contributed by atoms with Gasteiger partial charge >= 0.3 is 127 Å². The molecule has 0 heterocycles. The Balaban J connectivity index is 0.000000197. The van der Waals surface area contributed by atoms with Gasteiger partial charge in [-0.25, -0.2) is 0 Å². The van der Waals surface area contributed by atoms with E-state index in [2.05, 4.69) is 93.1 Å². The molecule has 0 spiro atoms. The van der Waals surface area contributed by atoms with Gasteiger partial charge in [-0.2, -0.15) is 0 Å². The molecule has 2 aliphatic rings. The van der Waals surface area contributed by atoms with Crippen LogP contribution >= 0.6 is 0 Å². The van der Waals surface area contributed by atoms with E-state index in [0.717, 1.165) is 0 Å². The molecular weight excluding hydrogens is 557 g/mol. The standard InChI is InChI=1S/C16H14.2C5H5.2CH3NO.Ga.Zr.H/c1-3-9-15(10-4-1)13-7-8-14-16-11-5-2-6-12-16;2*1-2-4-5-3-1;2*2-1-3;;;/h1-14H;2*1-3H,4H2;2*1H,(H2,2,3);;;/q;;;;;+2;;/p-2. The SMILES string of the molecule is C(C=Cc1ccccc1)=Cc1ccccc1.C1=CC[C]([Zr][C]2=CC=CC2)=C1.O=C[NH][GaH][NH]C=O. The van der Waals surface area contributed by atoms with Gasteiger partial charge in [0.1, 0.15) is 0 Å². The fourth-order valence-electron chi connectivity index (χ4n) is 2.89. The zero-order valence-electron chi connectivity index (χ0n) is 19.1. The number of amides is 2. The number of hydrogen-bond acceptors (Lipinski definition) is 2. The van der Waals surface area contributed by atoms with Gasteiger partial charge < -0.3 is 0 Å². The molecule has 0 unspecified atom stereocenters. The van der Waals surface area contributed by atoms with Crippen molar-refractivity contribution in [2.45, 2.75) is 12.8 Å². The predicted octanol–water partition coefficient (Wildman–Crippen LogP) is 4.91. The zero-order chi connectivity index (χ0) is 24.1. The van der Waals surface area contributed by atoms with Gasteiger partial charge in [0.15, 0.2) is 0 Å². The molecule has 0 atom stereocenters. The van der Waals surface area contributed by atoms with Gasteiger partial charge in [-0.15, -0.1) is 0 Å². The molecule has 0 saturated carbocycles. The third kappa shape index (κ3) is 13.1. The van der Waals surface area contributed by atoms with Crippen LogP contribution in [-0.4, -0.2) is 30.7 Å². The van der Waals surface area contributed by atoms with Crippen LogP contribution in [-0.2, 0) is 32.8 Å². The van der Waals surface area contributed by atoms with E-state index in [-0.39, 0.29) is 23.2 Å². The zero-order valence-corrected chi connectivity index (χ0v) is 24.6. The van der Waals surface area contributed by atoms with Crippen LogP contribution in [0.5, 0.6) is 0 Å². The Morgan fingerprint density at radius 2 is 1.12 bits per heavy atom. The van der Waals surface area contributed by atoms with Crippen LogP contribution in [0.15, 0.2) is 116 Å². The van der Waals surface area contributed by atoms with Crippen LogP contribution < -0.4 is 8.05 Å². The normalized spacial score (nSPS) is 13.2. The fraction of sp³-hybridized carbons (Fsp3) is 0.0714. The second kappa shape index (κ2) is 18.7. The molecule has 0 radical (unpaired) electrons. The van der Waals surface area contributed by atoms with Crippen molar-refractivity contribution < 1.29 is 32.8 Å². The van der Waals surface area contributed by atoms with Crippen LogP contribution in [0.2, 0.25) is 0 Å². The molecule has 2 aromatic rings. The van der Waals surface area contributed by atoms with E-state index in [0.29, 0.717) is 12.8 Å². The van der Waals surface area contributed by atoms with E-state index in [1.54, 1.807) is 6.56 Å². The monoisotopic (exact) mass is 584 g/mol. The number of rotatable bonds is 9. The maximum absolute atomic E-state index is 9.46. The first-order valence-corrected chi connectivity index (χ1v) is 16.5. The average Bonchev–Trinajstić information content (AvgIpc) is 3.60. The quantitative estimate of drug-likeness (QED) is 0.190. The van der Waals surface area contributed by atoms with Crippen LogP contribution in [0.25, 0.3) is 12.2 Å². The molecule has 6 heteroatoms. The molecule has 34 heavy (non-hydrogen) atoms. The van der Waals surface area contributed by atoms with Crippen molar-refractivity contribution in [3.63, 3.8) is 0 Å². The van der Waals surface area contributed by atoms with Gasteiger partial charge in [0.25, 0.3) is 0 Å². The van der Waals surface area contributed by atoms with Crippen molar-refractivity contribution in [1.82, 2.24) is 8.05 Å². The van der Waals surface area contributed by atoms with Crippen molar-refractivity contribution >= 4 is 42.9 Å². The van der Waals surface area contributed by atoms with Gasteiger partial charge in [0.05, 0.1) is 0 Å². The van der Waals surface area contributed by atoms with Crippen LogP contribution in [0.4, 0.5) is 0 Å². The number of hydrogen-bond donors (Lipinski definition) is 2. The summed E-state index contributed by atoms with van der Waals surface area (Å²) in [5.41, 5.74) is 2.44. The van der Waals surface area contributed by atoms with Crippen molar-refractivity contribution in [3.05, 3.63) is 127 Å². The van der Waals surface area contributed by atoms with Gasteiger partial charge in [-0.1, -0.05) is 85.0 Å². The first-order valence-electron chi connectivity index (χ1n) is 11.1. The van der Waals surface area contributed by atoms with E-state index in [1.807, 2.05) is 36.4 Å². The first kappa shape index (κ1) is 27.6. The summed E-state index contributed by atoms with van der Waals surface area (Å²) < 4.78 is 8.28. The predicted molar refractivity (Wildman–Crippen MR) is 140 cm³/mol. The number of allylic oxidation sites excluding steroid dienone is 10. The molecule has 0 aromatic heterocycles. The Bertz CT molecular complexity index is 959. The van der Waals surface area contributed by atoms with Crippen molar-refractivity contribution in [3.8, 4) is 0 Å². The van der Waals surface area contributed by atoms with Gasteiger partial charge in [0.2, 0.25) is 0 Å². The molecular formula is C28H29GaN2O2Zr. The topological polar surface area (TPSA) is 58.2 Å². The van der Waals surface area contributed by atoms with Crippen molar-refractivity contribution in [2.75, 3.05) is 0 Å². The summed E-state index contributed by atoms with van der Waals surface area (Å²) in [4.78, 5) is 18.9. The summed E-state index contributed by atoms with van der Waals surface area (Å²) >= 11 is -1.50. The third-order valence-corrected chi connectivity index (χ3v) is 9.48. The summed E-state index contributed by atoms with van der Waals surface area (Å²) in [6, 6.07) is 20.6. The Kier molecular flexibility index (Phi) is 15.2. The molecule has 0 saturated heterocycles. The fourth-order valence-corrected chi connectivity index (χ4v) is 6.46. The van der Waals surface area contributed by atoms with E-state index in [9.17, 15) is 9.59 Å². The molecule has 0 aliphatic heterocycles. The average molecular weight is 586 g/mol. The minimum absolute atomic E-state index is 0.312.